The number of hydrogen-bond donors (Lipinski definition) is 2. The van der Waals surface area contributed by atoms with E-state index in [-0.39, 0.29) is 18.6 Å². The summed E-state index contributed by atoms with van der Waals surface area (Å²) in [7, 11) is 0. The van der Waals surface area contributed by atoms with Crippen molar-refractivity contribution < 1.29 is 18.7 Å². The van der Waals surface area contributed by atoms with Gasteiger partial charge in [-0.25, -0.2) is 4.79 Å². The summed E-state index contributed by atoms with van der Waals surface area (Å²) in [6, 6.07) is 12.4. The van der Waals surface area contributed by atoms with Crippen molar-refractivity contribution in [2.24, 2.45) is 0 Å². The number of amides is 2. The Bertz CT molecular complexity index is 655. The molecule has 1 unspecified atom stereocenters. The average Bonchev–Trinajstić information content (AvgIpc) is 3.12. The number of benzene rings is 1. The standard InChI is InChI=1S/C19H24N2O4/c1-14(10-11-17-9-6-12-24-17)20-18(22)15(2)21-19(23)25-13-16-7-4-3-5-8-16/h3-9,12,14-15H,10-11,13H2,1-2H3,(H,20,22)(H,21,23)/t14?,15-/m0/s1. The topological polar surface area (TPSA) is 80.6 Å². The fourth-order valence-electron chi connectivity index (χ4n) is 2.26. The maximum atomic E-state index is 12.1. The lowest BCUT2D eigenvalue weighted by atomic mass is 10.1. The zero-order valence-corrected chi connectivity index (χ0v) is 14.5. The highest BCUT2D eigenvalue weighted by Gasteiger charge is 2.18. The molecular weight excluding hydrogens is 320 g/mol. The first-order valence-electron chi connectivity index (χ1n) is 8.34. The molecule has 1 heterocycles. The molecule has 1 aromatic carbocycles. The third-order valence-electron chi connectivity index (χ3n) is 3.73. The average molecular weight is 344 g/mol. The minimum absolute atomic E-state index is 0.0258. The Hall–Kier alpha value is -2.76. The van der Waals surface area contributed by atoms with Gasteiger partial charge in [-0.3, -0.25) is 4.79 Å². The number of hydrogen-bond acceptors (Lipinski definition) is 4. The van der Waals surface area contributed by atoms with Crippen molar-refractivity contribution in [2.45, 2.75) is 45.4 Å². The highest BCUT2D eigenvalue weighted by Crippen LogP contribution is 2.06. The van der Waals surface area contributed by atoms with Crippen molar-refractivity contribution in [3.8, 4) is 0 Å². The van der Waals surface area contributed by atoms with Crippen LogP contribution < -0.4 is 10.6 Å². The number of ether oxygens (including phenoxy) is 1. The van der Waals surface area contributed by atoms with Crippen molar-refractivity contribution in [3.05, 3.63) is 60.1 Å². The van der Waals surface area contributed by atoms with Gasteiger partial charge < -0.3 is 19.8 Å². The summed E-state index contributed by atoms with van der Waals surface area (Å²) in [6.45, 7) is 3.71. The fourth-order valence-corrected chi connectivity index (χ4v) is 2.26. The second-order valence-corrected chi connectivity index (χ2v) is 5.96. The molecule has 0 aliphatic heterocycles. The summed E-state index contributed by atoms with van der Waals surface area (Å²) in [4.78, 5) is 23.9. The van der Waals surface area contributed by atoms with E-state index in [1.54, 1.807) is 13.2 Å². The van der Waals surface area contributed by atoms with Crippen LogP contribution >= 0.6 is 0 Å². The van der Waals surface area contributed by atoms with E-state index in [9.17, 15) is 9.59 Å². The molecule has 2 atom stereocenters. The molecule has 6 heteroatoms. The van der Waals surface area contributed by atoms with Crippen LogP contribution in [-0.2, 0) is 22.6 Å². The van der Waals surface area contributed by atoms with Gasteiger partial charge in [-0.05, 0) is 38.0 Å². The predicted molar refractivity (Wildman–Crippen MR) is 93.9 cm³/mol. The SMILES string of the molecule is CC(CCc1ccco1)NC(=O)[C@H](C)NC(=O)OCc1ccccc1. The number of carbonyl (C=O) groups is 2. The first kappa shape index (κ1) is 18.6. The molecule has 1 aromatic heterocycles. The molecule has 0 bridgehead atoms. The maximum Gasteiger partial charge on any atom is 0.408 e. The Morgan fingerprint density at radius 1 is 1.08 bits per heavy atom. The lowest BCUT2D eigenvalue weighted by Crippen LogP contribution is -2.47. The van der Waals surface area contributed by atoms with Gasteiger partial charge >= 0.3 is 6.09 Å². The van der Waals surface area contributed by atoms with E-state index in [1.807, 2.05) is 49.4 Å². The van der Waals surface area contributed by atoms with E-state index in [1.165, 1.54) is 0 Å². The molecule has 0 fully saturated rings. The van der Waals surface area contributed by atoms with Crippen molar-refractivity contribution in [3.63, 3.8) is 0 Å². The summed E-state index contributed by atoms with van der Waals surface area (Å²) in [5.41, 5.74) is 0.890. The third kappa shape index (κ3) is 6.71. The summed E-state index contributed by atoms with van der Waals surface area (Å²) in [6.07, 6.45) is 2.51. The van der Waals surface area contributed by atoms with Gasteiger partial charge in [0.2, 0.25) is 5.91 Å². The molecule has 2 N–H and O–H groups in total. The van der Waals surface area contributed by atoms with Crippen LogP contribution in [0.1, 0.15) is 31.6 Å². The Morgan fingerprint density at radius 3 is 2.52 bits per heavy atom. The van der Waals surface area contributed by atoms with Gasteiger partial charge in [0.1, 0.15) is 18.4 Å². The molecule has 0 saturated carbocycles. The zero-order chi connectivity index (χ0) is 18.1. The predicted octanol–water partition coefficient (Wildman–Crippen LogP) is 3.03. The summed E-state index contributed by atoms with van der Waals surface area (Å²) < 4.78 is 10.4. The second-order valence-electron chi connectivity index (χ2n) is 5.96. The van der Waals surface area contributed by atoms with Crippen molar-refractivity contribution in [2.75, 3.05) is 0 Å². The molecule has 0 spiro atoms. The molecule has 2 amide bonds. The lowest BCUT2D eigenvalue weighted by molar-refractivity contribution is -0.123. The molecule has 0 aliphatic carbocycles. The van der Waals surface area contributed by atoms with E-state index in [2.05, 4.69) is 10.6 Å². The number of aryl methyl sites for hydroxylation is 1. The molecule has 0 radical (unpaired) electrons. The normalized spacial score (nSPS) is 12.9. The van der Waals surface area contributed by atoms with Crippen LogP contribution in [0.2, 0.25) is 0 Å². The lowest BCUT2D eigenvalue weighted by Gasteiger charge is -2.18. The van der Waals surface area contributed by atoms with E-state index in [0.717, 1.165) is 24.2 Å². The summed E-state index contributed by atoms with van der Waals surface area (Å²) in [5.74, 6) is 0.639. The van der Waals surface area contributed by atoms with Crippen LogP contribution in [0.25, 0.3) is 0 Å². The Labute approximate surface area is 147 Å². The third-order valence-corrected chi connectivity index (χ3v) is 3.73. The first-order valence-corrected chi connectivity index (χ1v) is 8.34. The Morgan fingerprint density at radius 2 is 1.84 bits per heavy atom. The minimum atomic E-state index is -0.672. The smallest absolute Gasteiger partial charge is 0.408 e. The highest BCUT2D eigenvalue weighted by atomic mass is 16.5. The van der Waals surface area contributed by atoms with Gasteiger partial charge in [0.15, 0.2) is 0 Å². The van der Waals surface area contributed by atoms with Gasteiger partial charge in [-0.1, -0.05) is 30.3 Å². The largest absolute Gasteiger partial charge is 0.469 e. The minimum Gasteiger partial charge on any atom is -0.469 e. The van der Waals surface area contributed by atoms with Gasteiger partial charge in [0.25, 0.3) is 0 Å². The molecule has 0 saturated heterocycles. The molecular formula is C19H24N2O4. The molecule has 134 valence electrons. The van der Waals surface area contributed by atoms with Crippen molar-refractivity contribution >= 4 is 12.0 Å². The van der Waals surface area contributed by atoms with Gasteiger partial charge in [-0.2, -0.15) is 0 Å². The van der Waals surface area contributed by atoms with Gasteiger partial charge in [0.05, 0.1) is 6.26 Å². The molecule has 2 rings (SSSR count). The Balaban J connectivity index is 1.67. The first-order chi connectivity index (χ1) is 12.0. The van der Waals surface area contributed by atoms with E-state index in [0.29, 0.717) is 0 Å². The summed E-state index contributed by atoms with van der Waals surface area (Å²) in [5, 5.41) is 5.40. The number of alkyl carbamates (subject to hydrolysis) is 1. The van der Waals surface area contributed by atoms with Crippen molar-refractivity contribution in [1.82, 2.24) is 10.6 Å². The molecule has 2 aromatic rings. The maximum absolute atomic E-state index is 12.1. The highest BCUT2D eigenvalue weighted by molar-refractivity contribution is 5.85. The number of rotatable bonds is 8. The van der Waals surface area contributed by atoms with Crippen LogP contribution in [0.4, 0.5) is 4.79 Å². The molecule has 25 heavy (non-hydrogen) atoms. The quantitative estimate of drug-likeness (QED) is 0.771. The van der Waals surface area contributed by atoms with Crippen LogP contribution in [0, 0.1) is 0 Å². The zero-order valence-electron chi connectivity index (χ0n) is 14.5. The Kier molecular flexibility index (Phi) is 7.07. The van der Waals surface area contributed by atoms with E-state index >= 15 is 0 Å². The van der Waals surface area contributed by atoms with Crippen LogP contribution in [0.15, 0.2) is 53.1 Å². The van der Waals surface area contributed by atoms with Crippen LogP contribution in [0.3, 0.4) is 0 Å². The molecule has 6 nitrogen and oxygen atoms in total. The second kappa shape index (κ2) is 9.52. The van der Waals surface area contributed by atoms with Crippen LogP contribution in [0.5, 0.6) is 0 Å². The van der Waals surface area contributed by atoms with Crippen molar-refractivity contribution in [1.29, 1.82) is 0 Å². The summed E-state index contributed by atoms with van der Waals surface area (Å²) >= 11 is 0. The number of nitrogens with one attached hydrogen (secondary N) is 2. The van der Waals surface area contributed by atoms with Gasteiger partial charge in [-0.15, -0.1) is 0 Å². The monoisotopic (exact) mass is 344 g/mol. The molecule has 0 aliphatic rings. The number of carbonyl (C=O) groups excluding carboxylic acids is 2. The van der Waals surface area contributed by atoms with E-state index in [4.69, 9.17) is 9.15 Å². The van der Waals surface area contributed by atoms with E-state index < -0.39 is 12.1 Å². The van der Waals surface area contributed by atoms with Crippen LogP contribution in [-0.4, -0.2) is 24.1 Å². The fraction of sp³-hybridized carbons (Fsp3) is 0.368. The number of furan rings is 1. The van der Waals surface area contributed by atoms with Gasteiger partial charge in [0, 0.05) is 12.5 Å².